The maximum Gasteiger partial charge on any atom is 0.410 e. The largest absolute Gasteiger partial charge is 0.444 e. The van der Waals surface area contributed by atoms with Crippen LogP contribution in [0, 0.1) is 5.41 Å². The highest BCUT2D eigenvalue weighted by atomic mass is 16.6. The quantitative estimate of drug-likeness (QED) is 0.659. The lowest BCUT2D eigenvalue weighted by atomic mass is 9.61. The normalized spacial score (nSPS) is 24.7. The van der Waals surface area contributed by atoms with Gasteiger partial charge >= 0.3 is 6.09 Å². The highest BCUT2D eigenvalue weighted by molar-refractivity contribution is 5.69. The second-order valence-corrected chi connectivity index (χ2v) is 6.00. The zero-order valence-electron chi connectivity index (χ0n) is 9.75. The number of amides is 1. The van der Waals surface area contributed by atoms with E-state index in [1.54, 1.807) is 4.90 Å². The van der Waals surface area contributed by atoms with Crippen molar-refractivity contribution in [1.29, 1.82) is 0 Å². The SMILES string of the molecule is CC(C)(C)OC(=O)N1CC2(CC(N)C2)C1. The zero-order valence-corrected chi connectivity index (χ0v) is 9.75. The standard InChI is InChI=1S/C11H20N2O2/c1-10(2,3)15-9(14)13-6-11(7-13)4-8(12)5-11/h8H,4-7,12H2,1-3H3. The molecule has 15 heavy (non-hydrogen) atoms. The molecule has 1 saturated heterocycles. The summed E-state index contributed by atoms with van der Waals surface area (Å²) >= 11 is 0. The second kappa shape index (κ2) is 3.11. The minimum atomic E-state index is -0.393. The van der Waals surface area contributed by atoms with Gasteiger partial charge in [0, 0.05) is 24.5 Å². The molecule has 2 rings (SSSR count). The molecule has 1 spiro atoms. The second-order valence-electron chi connectivity index (χ2n) is 6.00. The third-order valence-electron chi connectivity index (χ3n) is 3.09. The molecule has 2 N–H and O–H groups in total. The smallest absolute Gasteiger partial charge is 0.410 e. The summed E-state index contributed by atoms with van der Waals surface area (Å²) in [7, 11) is 0. The topological polar surface area (TPSA) is 55.6 Å². The van der Waals surface area contributed by atoms with Crippen LogP contribution in [-0.2, 0) is 4.74 Å². The molecule has 0 aromatic rings. The summed E-state index contributed by atoms with van der Waals surface area (Å²) < 4.78 is 5.29. The van der Waals surface area contributed by atoms with E-state index >= 15 is 0 Å². The van der Waals surface area contributed by atoms with E-state index in [1.807, 2.05) is 20.8 Å². The minimum Gasteiger partial charge on any atom is -0.444 e. The first kappa shape index (κ1) is 10.7. The van der Waals surface area contributed by atoms with Crippen LogP contribution in [0.25, 0.3) is 0 Å². The van der Waals surface area contributed by atoms with Crippen LogP contribution in [0.15, 0.2) is 0 Å². The van der Waals surface area contributed by atoms with E-state index in [-0.39, 0.29) is 6.09 Å². The van der Waals surface area contributed by atoms with Crippen LogP contribution >= 0.6 is 0 Å². The molecular weight excluding hydrogens is 192 g/mol. The van der Waals surface area contributed by atoms with Gasteiger partial charge in [-0.2, -0.15) is 0 Å². The predicted molar refractivity (Wildman–Crippen MR) is 57.4 cm³/mol. The Morgan fingerprint density at radius 3 is 2.33 bits per heavy atom. The molecule has 1 amide bonds. The van der Waals surface area contributed by atoms with E-state index < -0.39 is 5.60 Å². The summed E-state index contributed by atoms with van der Waals surface area (Å²) in [6.07, 6.45) is 1.94. The first-order chi connectivity index (χ1) is 6.80. The molecule has 4 heteroatoms. The molecule has 0 atom stereocenters. The van der Waals surface area contributed by atoms with Gasteiger partial charge in [0.2, 0.25) is 0 Å². The summed E-state index contributed by atoms with van der Waals surface area (Å²) in [6.45, 7) is 7.32. The molecule has 2 fully saturated rings. The van der Waals surface area contributed by atoms with Crippen molar-refractivity contribution in [1.82, 2.24) is 4.90 Å². The number of likely N-dealkylation sites (tertiary alicyclic amines) is 1. The van der Waals surface area contributed by atoms with Gasteiger partial charge in [0.25, 0.3) is 0 Å². The monoisotopic (exact) mass is 212 g/mol. The van der Waals surface area contributed by atoms with Crippen LogP contribution in [0.1, 0.15) is 33.6 Å². The minimum absolute atomic E-state index is 0.186. The van der Waals surface area contributed by atoms with Crippen molar-refractivity contribution in [2.24, 2.45) is 11.1 Å². The molecule has 2 aliphatic rings. The van der Waals surface area contributed by atoms with Gasteiger partial charge in [0.05, 0.1) is 0 Å². The highest BCUT2D eigenvalue weighted by Crippen LogP contribution is 2.47. The molecule has 0 radical (unpaired) electrons. The van der Waals surface area contributed by atoms with Gasteiger partial charge in [0.15, 0.2) is 0 Å². The number of nitrogens with zero attached hydrogens (tertiary/aromatic N) is 1. The van der Waals surface area contributed by atoms with Crippen LogP contribution in [0.5, 0.6) is 0 Å². The average Bonchev–Trinajstić information content (AvgIpc) is 1.89. The third kappa shape index (κ3) is 2.09. The van der Waals surface area contributed by atoms with Gasteiger partial charge in [0.1, 0.15) is 5.60 Å². The molecule has 1 aliphatic carbocycles. The van der Waals surface area contributed by atoms with E-state index in [2.05, 4.69) is 0 Å². The van der Waals surface area contributed by atoms with Crippen molar-refractivity contribution in [2.75, 3.05) is 13.1 Å². The number of rotatable bonds is 0. The van der Waals surface area contributed by atoms with Gasteiger partial charge in [-0.15, -0.1) is 0 Å². The Kier molecular flexibility index (Phi) is 2.23. The van der Waals surface area contributed by atoms with Crippen molar-refractivity contribution >= 4 is 6.09 Å². The number of hydrogen-bond acceptors (Lipinski definition) is 3. The van der Waals surface area contributed by atoms with Gasteiger partial charge in [-0.3, -0.25) is 0 Å². The third-order valence-corrected chi connectivity index (χ3v) is 3.09. The molecule has 1 heterocycles. The predicted octanol–water partition coefficient (Wildman–Crippen LogP) is 1.34. The fourth-order valence-corrected chi connectivity index (χ4v) is 2.53. The highest BCUT2D eigenvalue weighted by Gasteiger charge is 2.53. The van der Waals surface area contributed by atoms with E-state index in [0.717, 1.165) is 25.9 Å². The van der Waals surface area contributed by atoms with Gasteiger partial charge < -0.3 is 15.4 Å². The number of carbonyl (C=O) groups is 1. The lowest BCUT2D eigenvalue weighted by Crippen LogP contribution is -2.66. The fraction of sp³-hybridized carbons (Fsp3) is 0.909. The Hall–Kier alpha value is -0.770. The Morgan fingerprint density at radius 1 is 1.40 bits per heavy atom. The van der Waals surface area contributed by atoms with Crippen LogP contribution in [0.4, 0.5) is 4.79 Å². The fourth-order valence-electron chi connectivity index (χ4n) is 2.53. The molecule has 0 unspecified atom stereocenters. The molecule has 0 bridgehead atoms. The van der Waals surface area contributed by atoms with Crippen molar-refractivity contribution in [3.63, 3.8) is 0 Å². The maximum atomic E-state index is 11.6. The first-order valence-corrected chi connectivity index (χ1v) is 5.53. The van der Waals surface area contributed by atoms with E-state index in [9.17, 15) is 4.79 Å². The lowest BCUT2D eigenvalue weighted by Gasteiger charge is -2.57. The van der Waals surface area contributed by atoms with Crippen LogP contribution in [0.3, 0.4) is 0 Å². The lowest BCUT2D eigenvalue weighted by molar-refractivity contribution is -0.0769. The van der Waals surface area contributed by atoms with Gasteiger partial charge in [-0.1, -0.05) is 0 Å². The molecule has 0 aromatic heterocycles. The summed E-state index contributed by atoms with van der Waals surface area (Å²) in [5.41, 5.74) is 5.70. The summed E-state index contributed by atoms with van der Waals surface area (Å²) in [4.78, 5) is 13.4. The van der Waals surface area contributed by atoms with Crippen LogP contribution in [0.2, 0.25) is 0 Å². The molecular formula is C11H20N2O2. The number of nitrogens with two attached hydrogens (primary N) is 1. The van der Waals surface area contributed by atoms with E-state index in [0.29, 0.717) is 11.5 Å². The molecule has 0 aromatic carbocycles. The van der Waals surface area contributed by atoms with Crippen LogP contribution < -0.4 is 5.73 Å². The first-order valence-electron chi connectivity index (χ1n) is 5.53. The Morgan fingerprint density at radius 2 is 1.93 bits per heavy atom. The summed E-state index contributed by atoms with van der Waals surface area (Å²) in [6, 6.07) is 0.353. The maximum absolute atomic E-state index is 11.6. The van der Waals surface area contributed by atoms with Crippen molar-refractivity contribution in [3.05, 3.63) is 0 Å². The van der Waals surface area contributed by atoms with Crippen molar-refractivity contribution in [2.45, 2.75) is 45.3 Å². The Bertz CT molecular complexity index is 269. The number of ether oxygens (including phenoxy) is 1. The molecule has 86 valence electrons. The molecule has 4 nitrogen and oxygen atoms in total. The van der Waals surface area contributed by atoms with Gasteiger partial charge in [-0.05, 0) is 33.6 Å². The Labute approximate surface area is 90.8 Å². The number of carbonyl (C=O) groups excluding carboxylic acids is 1. The number of hydrogen-bond donors (Lipinski definition) is 1. The van der Waals surface area contributed by atoms with E-state index in [1.165, 1.54) is 0 Å². The zero-order chi connectivity index (χ0) is 11.3. The summed E-state index contributed by atoms with van der Waals surface area (Å²) in [5.74, 6) is 0. The summed E-state index contributed by atoms with van der Waals surface area (Å²) in [5, 5.41) is 0. The van der Waals surface area contributed by atoms with Crippen molar-refractivity contribution in [3.8, 4) is 0 Å². The molecule has 1 saturated carbocycles. The van der Waals surface area contributed by atoms with E-state index in [4.69, 9.17) is 10.5 Å². The van der Waals surface area contributed by atoms with Crippen LogP contribution in [-0.4, -0.2) is 35.7 Å². The van der Waals surface area contributed by atoms with Gasteiger partial charge in [-0.25, -0.2) is 4.79 Å². The Balaban J connectivity index is 1.77. The average molecular weight is 212 g/mol. The van der Waals surface area contributed by atoms with Crippen molar-refractivity contribution < 1.29 is 9.53 Å². The molecule has 1 aliphatic heterocycles.